The van der Waals surface area contributed by atoms with E-state index in [1.165, 1.54) is 0 Å². The van der Waals surface area contributed by atoms with Gasteiger partial charge in [-0.2, -0.15) is 0 Å². The first-order valence-corrected chi connectivity index (χ1v) is 10.4. The normalized spacial score (nSPS) is 10.5. The van der Waals surface area contributed by atoms with Crippen molar-refractivity contribution in [3.63, 3.8) is 0 Å². The first kappa shape index (κ1) is 22.7. The lowest BCUT2D eigenvalue weighted by molar-refractivity contribution is -0.123. The summed E-state index contributed by atoms with van der Waals surface area (Å²) in [5.41, 5.74) is 4.25. The van der Waals surface area contributed by atoms with Gasteiger partial charge in [0.05, 0.1) is 10.0 Å². The van der Waals surface area contributed by atoms with Gasteiger partial charge in [0, 0.05) is 17.8 Å². The van der Waals surface area contributed by atoms with E-state index in [-0.39, 0.29) is 18.4 Å². The van der Waals surface area contributed by atoms with E-state index in [9.17, 15) is 9.59 Å². The maximum absolute atomic E-state index is 12.5. The molecule has 3 rings (SSSR count). The molecule has 160 valence electrons. The molecule has 0 aliphatic rings. The lowest BCUT2D eigenvalue weighted by atomic mass is 10.1. The molecule has 0 aliphatic carbocycles. The summed E-state index contributed by atoms with van der Waals surface area (Å²) in [7, 11) is 0. The van der Waals surface area contributed by atoms with Crippen LogP contribution in [0.1, 0.15) is 27.0 Å². The zero-order chi connectivity index (χ0) is 22.4. The lowest BCUT2D eigenvalue weighted by Crippen LogP contribution is -2.28. The van der Waals surface area contributed by atoms with Gasteiger partial charge in [0.2, 0.25) is 0 Å². The Balaban J connectivity index is 1.49. The number of ether oxygens (including phenoxy) is 1. The molecular weight excluding hydrogens is 435 g/mol. The van der Waals surface area contributed by atoms with Gasteiger partial charge in [-0.15, -0.1) is 0 Å². The van der Waals surface area contributed by atoms with Crippen LogP contribution >= 0.6 is 23.2 Å². The van der Waals surface area contributed by atoms with Gasteiger partial charge in [-0.1, -0.05) is 41.4 Å². The van der Waals surface area contributed by atoms with Crippen molar-refractivity contribution in [1.82, 2.24) is 5.32 Å². The molecule has 7 heteroatoms. The maximum Gasteiger partial charge on any atom is 0.258 e. The van der Waals surface area contributed by atoms with E-state index in [2.05, 4.69) is 10.6 Å². The number of carbonyl (C=O) groups is 2. The summed E-state index contributed by atoms with van der Waals surface area (Å²) in [5.74, 6) is 0.00964. The number of hydrogen-bond acceptors (Lipinski definition) is 3. The van der Waals surface area contributed by atoms with Crippen LogP contribution < -0.4 is 15.4 Å². The van der Waals surface area contributed by atoms with E-state index in [1.54, 1.807) is 42.5 Å². The Bertz CT molecular complexity index is 1100. The summed E-state index contributed by atoms with van der Waals surface area (Å²) >= 11 is 11.8. The first-order valence-electron chi connectivity index (χ1n) is 9.64. The van der Waals surface area contributed by atoms with Crippen LogP contribution in [-0.4, -0.2) is 18.4 Å². The highest BCUT2D eigenvalue weighted by molar-refractivity contribution is 6.42. The van der Waals surface area contributed by atoms with Gasteiger partial charge in [0.25, 0.3) is 11.8 Å². The van der Waals surface area contributed by atoms with Crippen LogP contribution in [0.2, 0.25) is 10.0 Å². The molecule has 0 saturated heterocycles. The number of anilines is 1. The van der Waals surface area contributed by atoms with Crippen molar-refractivity contribution < 1.29 is 14.3 Å². The second-order valence-electron chi connectivity index (χ2n) is 7.04. The molecule has 0 bridgehead atoms. The standard InChI is InChI=1S/C24H22Cl2N2O3/c1-15-4-3-5-22(16(15)2)28-24(30)18-7-9-19(10-8-18)31-14-23(29)27-13-17-6-11-20(25)21(26)12-17/h3-12H,13-14H2,1-2H3,(H,27,29)(H,28,30). The van der Waals surface area contributed by atoms with E-state index in [4.69, 9.17) is 27.9 Å². The molecule has 0 aromatic heterocycles. The number of halogens is 2. The zero-order valence-corrected chi connectivity index (χ0v) is 18.7. The van der Waals surface area contributed by atoms with Crippen LogP contribution in [0.5, 0.6) is 5.75 Å². The molecular formula is C24H22Cl2N2O3. The fourth-order valence-corrected chi connectivity index (χ4v) is 3.15. The van der Waals surface area contributed by atoms with Gasteiger partial charge in [-0.3, -0.25) is 9.59 Å². The minimum Gasteiger partial charge on any atom is -0.484 e. The Morgan fingerprint density at radius 2 is 1.68 bits per heavy atom. The van der Waals surface area contributed by atoms with Crippen LogP contribution in [0, 0.1) is 13.8 Å². The summed E-state index contributed by atoms with van der Waals surface area (Å²) in [6.07, 6.45) is 0. The number of hydrogen-bond donors (Lipinski definition) is 2. The molecule has 5 nitrogen and oxygen atoms in total. The van der Waals surface area contributed by atoms with Crippen molar-refractivity contribution in [1.29, 1.82) is 0 Å². The van der Waals surface area contributed by atoms with Crippen LogP contribution in [0.3, 0.4) is 0 Å². The average molecular weight is 457 g/mol. The molecule has 0 spiro atoms. The Morgan fingerprint density at radius 1 is 0.935 bits per heavy atom. The summed E-state index contributed by atoms with van der Waals surface area (Å²) in [5, 5.41) is 6.57. The highest BCUT2D eigenvalue weighted by Gasteiger charge is 2.10. The Labute approximate surface area is 191 Å². The van der Waals surface area contributed by atoms with E-state index < -0.39 is 0 Å². The second-order valence-corrected chi connectivity index (χ2v) is 7.85. The Morgan fingerprint density at radius 3 is 2.39 bits per heavy atom. The Hall–Kier alpha value is -3.02. The lowest BCUT2D eigenvalue weighted by Gasteiger charge is -2.11. The zero-order valence-electron chi connectivity index (χ0n) is 17.2. The predicted molar refractivity (Wildman–Crippen MR) is 124 cm³/mol. The van der Waals surface area contributed by atoms with Gasteiger partial charge in [0.1, 0.15) is 5.75 Å². The number of carbonyl (C=O) groups excluding carboxylic acids is 2. The van der Waals surface area contributed by atoms with E-state index in [1.807, 2.05) is 32.0 Å². The topological polar surface area (TPSA) is 67.4 Å². The fourth-order valence-electron chi connectivity index (χ4n) is 2.83. The van der Waals surface area contributed by atoms with Crippen LogP contribution in [0.15, 0.2) is 60.7 Å². The van der Waals surface area contributed by atoms with Gasteiger partial charge >= 0.3 is 0 Å². The van der Waals surface area contributed by atoms with Crippen molar-refractivity contribution in [2.24, 2.45) is 0 Å². The highest BCUT2D eigenvalue weighted by Crippen LogP contribution is 2.22. The molecule has 0 atom stereocenters. The predicted octanol–water partition coefficient (Wildman–Crippen LogP) is 5.56. The molecule has 0 saturated carbocycles. The Kier molecular flexibility index (Phi) is 7.55. The monoisotopic (exact) mass is 456 g/mol. The molecule has 0 aliphatic heterocycles. The second kappa shape index (κ2) is 10.3. The van der Waals surface area contributed by atoms with Crippen LogP contribution in [0.4, 0.5) is 5.69 Å². The summed E-state index contributed by atoms with van der Waals surface area (Å²) in [6, 6.07) is 17.6. The van der Waals surface area contributed by atoms with Crippen molar-refractivity contribution in [2.45, 2.75) is 20.4 Å². The smallest absolute Gasteiger partial charge is 0.258 e. The minimum absolute atomic E-state index is 0.144. The van der Waals surface area contributed by atoms with Crippen LogP contribution in [0.25, 0.3) is 0 Å². The van der Waals surface area contributed by atoms with Gasteiger partial charge < -0.3 is 15.4 Å². The van der Waals surface area contributed by atoms with Crippen molar-refractivity contribution in [3.8, 4) is 5.75 Å². The minimum atomic E-state index is -0.275. The fraction of sp³-hybridized carbons (Fsp3) is 0.167. The number of benzene rings is 3. The molecule has 0 radical (unpaired) electrons. The summed E-state index contributed by atoms with van der Waals surface area (Å²) in [4.78, 5) is 24.5. The summed E-state index contributed by atoms with van der Waals surface area (Å²) < 4.78 is 5.50. The molecule has 0 heterocycles. The molecule has 2 N–H and O–H groups in total. The van der Waals surface area contributed by atoms with E-state index in [0.717, 1.165) is 22.4 Å². The maximum atomic E-state index is 12.5. The van der Waals surface area contributed by atoms with Crippen LogP contribution in [-0.2, 0) is 11.3 Å². The van der Waals surface area contributed by atoms with Crippen molar-refractivity contribution in [2.75, 3.05) is 11.9 Å². The number of amides is 2. The SMILES string of the molecule is Cc1cccc(NC(=O)c2ccc(OCC(=O)NCc3ccc(Cl)c(Cl)c3)cc2)c1C. The highest BCUT2D eigenvalue weighted by atomic mass is 35.5. The van der Waals surface area contributed by atoms with Gasteiger partial charge in [-0.25, -0.2) is 0 Å². The molecule has 0 unspecified atom stereocenters. The molecule has 31 heavy (non-hydrogen) atoms. The molecule has 0 fully saturated rings. The third-order valence-electron chi connectivity index (χ3n) is 4.81. The number of rotatable bonds is 7. The van der Waals surface area contributed by atoms with Gasteiger partial charge in [0.15, 0.2) is 6.61 Å². The number of nitrogens with one attached hydrogen (secondary N) is 2. The third-order valence-corrected chi connectivity index (χ3v) is 5.55. The summed E-state index contributed by atoms with van der Waals surface area (Å²) in [6.45, 7) is 4.14. The molecule has 2 amide bonds. The average Bonchev–Trinajstić information content (AvgIpc) is 2.76. The van der Waals surface area contributed by atoms with E-state index >= 15 is 0 Å². The largest absolute Gasteiger partial charge is 0.484 e. The third kappa shape index (κ3) is 6.23. The van der Waals surface area contributed by atoms with Crippen molar-refractivity contribution >= 4 is 40.7 Å². The molecule has 3 aromatic carbocycles. The van der Waals surface area contributed by atoms with Gasteiger partial charge in [-0.05, 0) is 73.0 Å². The first-order chi connectivity index (χ1) is 14.8. The van der Waals surface area contributed by atoms with E-state index in [0.29, 0.717) is 27.9 Å². The molecule has 3 aromatic rings. The van der Waals surface area contributed by atoms with Crippen molar-refractivity contribution in [3.05, 3.63) is 93.0 Å². The number of aryl methyl sites for hydroxylation is 1. The quantitative estimate of drug-likeness (QED) is 0.488.